The van der Waals surface area contributed by atoms with Crippen molar-refractivity contribution in [3.05, 3.63) is 0 Å². The topological polar surface area (TPSA) is 49.8 Å². The molecule has 0 aromatic heterocycles. The molecule has 1 aliphatic heterocycles. The summed E-state index contributed by atoms with van der Waals surface area (Å²) in [7, 11) is 1.59. The average Bonchev–Trinajstić information content (AvgIpc) is 2.25. The molecule has 0 aromatic carbocycles. The molecule has 1 amide bonds. The fourth-order valence-corrected chi connectivity index (χ4v) is 1.85. The number of aliphatic hydroxyl groups excluding tert-OH is 1. The number of carbonyl (C=O) groups is 1. The summed E-state index contributed by atoms with van der Waals surface area (Å²) < 4.78 is 4.86. The summed E-state index contributed by atoms with van der Waals surface area (Å²) in [5.41, 5.74) is 0. The van der Waals surface area contributed by atoms with E-state index in [-0.39, 0.29) is 18.6 Å². The van der Waals surface area contributed by atoms with Crippen LogP contribution in [0.4, 0.5) is 0 Å². The van der Waals surface area contributed by atoms with Crippen molar-refractivity contribution in [1.29, 1.82) is 0 Å². The van der Waals surface area contributed by atoms with Gasteiger partial charge in [-0.25, -0.2) is 0 Å². The van der Waals surface area contributed by atoms with E-state index < -0.39 is 0 Å². The Kier molecular flexibility index (Phi) is 4.90. The van der Waals surface area contributed by atoms with Crippen LogP contribution in [-0.2, 0) is 9.53 Å². The molecule has 1 aliphatic rings. The molecule has 0 radical (unpaired) electrons. The van der Waals surface area contributed by atoms with Gasteiger partial charge in [0.05, 0.1) is 25.7 Å². The van der Waals surface area contributed by atoms with Crippen molar-refractivity contribution in [2.24, 2.45) is 0 Å². The van der Waals surface area contributed by atoms with Gasteiger partial charge in [-0.15, -0.1) is 0 Å². The van der Waals surface area contributed by atoms with E-state index in [0.717, 1.165) is 25.8 Å². The molecule has 82 valence electrons. The SMILES string of the molecule is COCCC(=O)N1CCCCC1CO. The van der Waals surface area contributed by atoms with Crippen molar-refractivity contribution >= 4 is 5.91 Å². The van der Waals surface area contributed by atoms with E-state index in [2.05, 4.69) is 0 Å². The van der Waals surface area contributed by atoms with Crippen LogP contribution in [-0.4, -0.2) is 48.8 Å². The minimum atomic E-state index is 0.0353. The fraction of sp³-hybridized carbons (Fsp3) is 0.900. The molecule has 1 rings (SSSR count). The van der Waals surface area contributed by atoms with Crippen molar-refractivity contribution in [2.75, 3.05) is 26.9 Å². The van der Waals surface area contributed by atoms with Crippen molar-refractivity contribution in [3.63, 3.8) is 0 Å². The molecule has 1 saturated heterocycles. The van der Waals surface area contributed by atoms with Crippen LogP contribution in [0.1, 0.15) is 25.7 Å². The molecule has 1 unspecified atom stereocenters. The summed E-state index contributed by atoms with van der Waals surface area (Å²) >= 11 is 0. The number of ether oxygens (including phenoxy) is 1. The Morgan fingerprint density at radius 2 is 2.36 bits per heavy atom. The highest BCUT2D eigenvalue weighted by Crippen LogP contribution is 2.17. The van der Waals surface area contributed by atoms with Crippen molar-refractivity contribution < 1.29 is 14.6 Å². The van der Waals surface area contributed by atoms with Crippen LogP contribution in [0.2, 0.25) is 0 Å². The van der Waals surface area contributed by atoms with E-state index in [9.17, 15) is 4.79 Å². The van der Waals surface area contributed by atoms with E-state index in [1.54, 1.807) is 12.0 Å². The second-order valence-electron chi connectivity index (χ2n) is 3.66. The first-order chi connectivity index (χ1) is 6.79. The minimum absolute atomic E-state index is 0.0353. The zero-order valence-electron chi connectivity index (χ0n) is 8.74. The molecule has 0 saturated carbocycles. The Morgan fingerprint density at radius 1 is 1.57 bits per heavy atom. The number of hydrogen-bond acceptors (Lipinski definition) is 3. The maximum absolute atomic E-state index is 11.7. The lowest BCUT2D eigenvalue weighted by atomic mass is 10.0. The first kappa shape index (κ1) is 11.5. The van der Waals surface area contributed by atoms with Gasteiger partial charge in [-0.05, 0) is 19.3 Å². The first-order valence-corrected chi connectivity index (χ1v) is 5.19. The second kappa shape index (κ2) is 5.98. The summed E-state index contributed by atoms with van der Waals surface area (Å²) in [6.45, 7) is 1.33. The smallest absolute Gasteiger partial charge is 0.225 e. The minimum Gasteiger partial charge on any atom is -0.394 e. The van der Waals surface area contributed by atoms with Crippen LogP contribution in [0.3, 0.4) is 0 Å². The number of hydrogen-bond donors (Lipinski definition) is 1. The van der Waals surface area contributed by atoms with E-state index in [1.807, 2.05) is 0 Å². The Hall–Kier alpha value is -0.610. The third-order valence-electron chi connectivity index (χ3n) is 2.68. The van der Waals surface area contributed by atoms with Gasteiger partial charge in [-0.2, -0.15) is 0 Å². The molecule has 0 aromatic rings. The van der Waals surface area contributed by atoms with Gasteiger partial charge in [0.1, 0.15) is 0 Å². The summed E-state index contributed by atoms with van der Waals surface area (Å²) in [4.78, 5) is 13.5. The number of carbonyl (C=O) groups excluding carboxylic acids is 1. The molecule has 1 atom stereocenters. The predicted molar refractivity (Wildman–Crippen MR) is 52.9 cm³/mol. The quantitative estimate of drug-likeness (QED) is 0.716. The third kappa shape index (κ3) is 2.96. The molecule has 1 heterocycles. The summed E-state index contributed by atoms with van der Waals surface area (Å²) in [6.07, 6.45) is 3.51. The lowest BCUT2D eigenvalue weighted by molar-refractivity contribution is -0.136. The second-order valence-corrected chi connectivity index (χ2v) is 3.66. The Morgan fingerprint density at radius 3 is 3.00 bits per heavy atom. The molecule has 4 nitrogen and oxygen atoms in total. The molecule has 0 aliphatic carbocycles. The highest BCUT2D eigenvalue weighted by atomic mass is 16.5. The molecular weight excluding hydrogens is 182 g/mol. The fourth-order valence-electron chi connectivity index (χ4n) is 1.85. The largest absolute Gasteiger partial charge is 0.394 e. The number of nitrogens with zero attached hydrogens (tertiary/aromatic N) is 1. The maximum atomic E-state index is 11.7. The Balaban J connectivity index is 2.41. The van der Waals surface area contributed by atoms with Gasteiger partial charge in [0.15, 0.2) is 0 Å². The predicted octanol–water partition coefficient (Wildman–Crippen LogP) is 0.396. The van der Waals surface area contributed by atoms with Gasteiger partial charge in [-0.3, -0.25) is 4.79 Å². The zero-order chi connectivity index (χ0) is 10.4. The van der Waals surface area contributed by atoms with Crippen LogP contribution in [0.5, 0.6) is 0 Å². The Labute approximate surface area is 84.8 Å². The van der Waals surface area contributed by atoms with Gasteiger partial charge in [0.2, 0.25) is 5.91 Å². The summed E-state index contributed by atoms with van der Waals surface area (Å²) in [6, 6.07) is 0.0353. The standard InChI is InChI=1S/C10H19NO3/c1-14-7-5-10(13)11-6-3-2-4-9(11)8-12/h9,12H,2-8H2,1H3. The number of rotatable bonds is 4. The zero-order valence-corrected chi connectivity index (χ0v) is 8.74. The van der Waals surface area contributed by atoms with E-state index in [4.69, 9.17) is 9.84 Å². The Bertz CT molecular complexity index is 184. The number of methoxy groups -OCH3 is 1. The number of aliphatic hydroxyl groups is 1. The lowest BCUT2D eigenvalue weighted by Gasteiger charge is -2.34. The van der Waals surface area contributed by atoms with Gasteiger partial charge >= 0.3 is 0 Å². The van der Waals surface area contributed by atoms with Crippen LogP contribution < -0.4 is 0 Å². The molecule has 4 heteroatoms. The van der Waals surface area contributed by atoms with Crippen LogP contribution in [0.25, 0.3) is 0 Å². The summed E-state index contributed by atoms with van der Waals surface area (Å²) in [5.74, 6) is 0.102. The average molecular weight is 201 g/mol. The molecule has 1 fully saturated rings. The van der Waals surface area contributed by atoms with E-state index in [1.165, 1.54) is 0 Å². The molecule has 0 spiro atoms. The number of likely N-dealkylation sites (tertiary alicyclic amines) is 1. The highest BCUT2D eigenvalue weighted by Gasteiger charge is 2.25. The molecule has 0 bridgehead atoms. The van der Waals surface area contributed by atoms with Gasteiger partial charge in [-0.1, -0.05) is 0 Å². The van der Waals surface area contributed by atoms with Crippen molar-refractivity contribution in [1.82, 2.24) is 4.90 Å². The van der Waals surface area contributed by atoms with Crippen LogP contribution in [0, 0.1) is 0 Å². The summed E-state index contributed by atoms with van der Waals surface area (Å²) in [5, 5.41) is 9.11. The van der Waals surface area contributed by atoms with Gasteiger partial charge < -0.3 is 14.7 Å². The lowest BCUT2D eigenvalue weighted by Crippen LogP contribution is -2.45. The number of amides is 1. The first-order valence-electron chi connectivity index (χ1n) is 5.19. The van der Waals surface area contributed by atoms with Crippen molar-refractivity contribution in [2.45, 2.75) is 31.7 Å². The van der Waals surface area contributed by atoms with Crippen LogP contribution in [0.15, 0.2) is 0 Å². The van der Waals surface area contributed by atoms with Gasteiger partial charge in [0, 0.05) is 13.7 Å². The van der Waals surface area contributed by atoms with Crippen LogP contribution >= 0.6 is 0 Å². The van der Waals surface area contributed by atoms with Crippen molar-refractivity contribution in [3.8, 4) is 0 Å². The molecular formula is C10H19NO3. The normalized spacial score (nSPS) is 22.4. The van der Waals surface area contributed by atoms with Gasteiger partial charge in [0.25, 0.3) is 0 Å². The van der Waals surface area contributed by atoms with E-state index in [0.29, 0.717) is 13.0 Å². The van der Waals surface area contributed by atoms with E-state index >= 15 is 0 Å². The highest BCUT2D eigenvalue weighted by molar-refractivity contribution is 5.76. The monoisotopic (exact) mass is 201 g/mol. The molecule has 14 heavy (non-hydrogen) atoms. The molecule has 1 N–H and O–H groups in total. The third-order valence-corrected chi connectivity index (χ3v) is 2.68. The number of piperidine rings is 1. The maximum Gasteiger partial charge on any atom is 0.225 e.